The van der Waals surface area contributed by atoms with Gasteiger partial charge in [-0.15, -0.1) is 0 Å². The molecule has 0 unspecified atom stereocenters. The number of hydrogen-bond acceptors (Lipinski definition) is 7. The lowest BCUT2D eigenvalue weighted by atomic mass is 10.0. The van der Waals surface area contributed by atoms with E-state index in [-0.39, 0.29) is 0 Å². The Morgan fingerprint density at radius 1 is 1.22 bits per heavy atom. The predicted molar refractivity (Wildman–Crippen MR) is 114 cm³/mol. The van der Waals surface area contributed by atoms with E-state index in [1.165, 1.54) is 0 Å². The second kappa shape index (κ2) is 9.10. The van der Waals surface area contributed by atoms with Crippen LogP contribution in [-0.2, 0) is 0 Å². The lowest BCUT2D eigenvalue weighted by Gasteiger charge is -2.34. The molecular weight excluding hydrogens is 358 g/mol. The summed E-state index contributed by atoms with van der Waals surface area (Å²) in [6.07, 6.45) is 4.82. The molecule has 0 saturated carbocycles. The number of anilines is 2. The van der Waals surface area contributed by atoms with Crippen LogP contribution in [0.15, 0.2) is 36.5 Å². The highest BCUT2D eigenvalue weighted by atomic mass is 32.2. The lowest BCUT2D eigenvalue weighted by Crippen LogP contribution is -2.43. The summed E-state index contributed by atoms with van der Waals surface area (Å²) in [5, 5.41) is 8.66. The van der Waals surface area contributed by atoms with Gasteiger partial charge in [-0.1, -0.05) is 18.9 Å². The minimum atomic E-state index is 0.390. The molecule has 3 rings (SSSR count). The molecule has 1 aliphatic rings. The van der Waals surface area contributed by atoms with Crippen LogP contribution < -0.4 is 15.4 Å². The third-order valence-corrected chi connectivity index (χ3v) is 5.50. The Bertz CT molecular complexity index is 790. The van der Waals surface area contributed by atoms with Crippen LogP contribution in [0.25, 0.3) is 0 Å². The Hall–Kier alpha value is -2.25. The van der Waals surface area contributed by atoms with Gasteiger partial charge in [0.2, 0.25) is 0 Å². The minimum Gasteiger partial charge on any atom is -0.494 e. The number of nitrogens with one attached hydrogen (secondary N) is 1. The molecular formula is C20H27N5OS. The van der Waals surface area contributed by atoms with Crippen LogP contribution in [0.2, 0.25) is 0 Å². The van der Waals surface area contributed by atoms with E-state index in [0.717, 1.165) is 49.7 Å². The molecule has 27 heavy (non-hydrogen) atoms. The molecule has 0 amide bonds. The fraction of sp³-hybridized carbons (Fsp3) is 0.400. The summed E-state index contributed by atoms with van der Waals surface area (Å²) in [7, 11) is 0. The number of rotatable bonds is 7. The van der Waals surface area contributed by atoms with Crippen molar-refractivity contribution in [2.24, 2.45) is 0 Å². The van der Waals surface area contributed by atoms with Gasteiger partial charge in [0, 0.05) is 49.2 Å². The molecule has 0 atom stereocenters. The van der Waals surface area contributed by atoms with E-state index in [4.69, 9.17) is 15.9 Å². The SMILES string of the molecule is CCCOc1ccc(N)c(C(=N)c2ccnc(N3CCN(SC)CC3)c2)c1. The number of nitrogen functional groups attached to an aromatic ring is 1. The van der Waals surface area contributed by atoms with Gasteiger partial charge < -0.3 is 15.4 Å². The van der Waals surface area contributed by atoms with Crippen molar-refractivity contribution in [3.63, 3.8) is 0 Å². The molecule has 1 aliphatic heterocycles. The molecule has 3 N–H and O–H groups in total. The normalized spacial score (nSPS) is 15.0. The molecule has 1 aromatic carbocycles. The highest BCUT2D eigenvalue weighted by Gasteiger charge is 2.18. The fourth-order valence-electron chi connectivity index (χ4n) is 3.06. The first-order valence-electron chi connectivity index (χ1n) is 9.24. The molecule has 2 heterocycles. The zero-order valence-corrected chi connectivity index (χ0v) is 16.8. The summed E-state index contributed by atoms with van der Waals surface area (Å²) in [6, 6.07) is 9.35. The van der Waals surface area contributed by atoms with Gasteiger partial charge in [-0.25, -0.2) is 9.29 Å². The Morgan fingerprint density at radius 3 is 2.70 bits per heavy atom. The maximum absolute atomic E-state index is 8.66. The number of nitrogens with two attached hydrogens (primary N) is 1. The first kappa shape index (κ1) is 19.5. The second-order valence-electron chi connectivity index (χ2n) is 6.47. The zero-order chi connectivity index (χ0) is 19.2. The fourth-order valence-corrected chi connectivity index (χ4v) is 3.59. The third kappa shape index (κ3) is 4.73. The van der Waals surface area contributed by atoms with Crippen LogP contribution in [0.3, 0.4) is 0 Å². The summed E-state index contributed by atoms with van der Waals surface area (Å²) in [6.45, 7) is 6.61. The summed E-state index contributed by atoms with van der Waals surface area (Å²) in [5.41, 5.74) is 8.61. The van der Waals surface area contributed by atoms with Gasteiger partial charge in [0.05, 0.1) is 12.3 Å². The van der Waals surface area contributed by atoms with Crippen molar-refractivity contribution < 1.29 is 4.74 Å². The summed E-state index contributed by atoms with van der Waals surface area (Å²) in [4.78, 5) is 6.79. The summed E-state index contributed by atoms with van der Waals surface area (Å²) < 4.78 is 8.05. The molecule has 1 aromatic heterocycles. The molecule has 0 radical (unpaired) electrons. The van der Waals surface area contributed by atoms with Gasteiger partial charge in [-0.05, 0) is 43.0 Å². The largest absolute Gasteiger partial charge is 0.494 e. The first-order chi connectivity index (χ1) is 13.1. The Kier molecular flexibility index (Phi) is 6.58. The Labute approximate surface area is 165 Å². The molecule has 144 valence electrons. The molecule has 0 aliphatic carbocycles. The monoisotopic (exact) mass is 385 g/mol. The molecule has 0 bridgehead atoms. The van der Waals surface area contributed by atoms with Crippen molar-refractivity contribution >= 4 is 29.2 Å². The van der Waals surface area contributed by atoms with Gasteiger partial charge in [0.25, 0.3) is 0 Å². The molecule has 1 fully saturated rings. The summed E-state index contributed by atoms with van der Waals surface area (Å²) in [5.74, 6) is 1.66. The van der Waals surface area contributed by atoms with E-state index in [1.807, 2.05) is 24.3 Å². The Morgan fingerprint density at radius 2 is 2.00 bits per heavy atom. The van der Waals surface area contributed by atoms with Crippen LogP contribution in [0.5, 0.6) is 5.75 Å². The zero-order valence-electron chi connectivity index (χ0n) is 15.9. The summed E-state index contributed by atoms with van der Waals surface area (Å²) >= 11 is 1.78. The molecule has 0 spiro atoms. The van der Waals surface area contributed by atoms with Crippen LogP contribution in [0.1, 0.15) is 24.5 Å². The molecule has 2 aromatic rings. The average molecular weight is 386 g/mol. The number of hydrogen-bond donors (Lipinski definition) is 2. The van der Waals surface area contributed by atoms with Crippen molar-refractivity contribution in [1.29, 1.82) is 5.41 Å². The van der Waals surface area contributed by atoms with E-state index >= 15 is 0 Å². The molecule has 6 nitrogen and oxygen atoms in total. The third-order valence-electron chi connectivity index (χ3n) is 4.62. The van der Waals surface area contributed by atoms with Crippen LogP contribution in [-0.4, -0.2) is 54.0 Å². The van der Waals surface area contributed by atoms with Gasteiger partial charge >= 0.3 is 0 Å². The maximum atomic E-state index is 8.66. The number of piperazine rings is 1. The topological polar surface area (TPSA) is 78.5 Å². The standard InChI is InChI=1S/C20H27N5OS/c1-3-12-26-16-4-5-18(21)17(14-16)20(22)15-6-7-23-19(13-15)24-8-10-25(27-2)11-9-24/h4-7,13-14,22H,3,8-12,21H2,1-2H3. The quantitative estimate of drug-likeness (QED) is 0.433. The van der Waals surface area contributed by atoms with Crippen molar-refractivity contribution in [1.82, 2.24) is 9.29 Å². The van der Waals surface area contributed by atoms with Crippen LogP contribution in [0.4, 0.5) is 11.5 Å². The number of aromatic nitrogens is 1. The molecule has 7 heteroatoms. The second-order valence-corrected chi connectivity index (χ2v) is 7.36. The maximum Gasteiger partial charge on any atom is 0.129 e. The van der Waals surface area contributed by atoms with E-state index in [0.29, 0.717) is 23.6 Å². The van der Waals surface area contributed by atoms with Gasteiger partial charge in [-0.3, -0.25) is 5.41 Å². The highest BCUT2D eigenvalue weighted by molar-refractivity contribution is 7.96. The average Bonchev–Trinajstić information content (AvgIpc) is 2.73. The van der Waals surface area contributed by atoms with Crippen molar-refractivity contribution in [3.05, 3.63) is 47.7 Å². The van der Waals surface area contributed by atoms with Crippen molar-refractivity contribution in [3.8, 4) is 5.75 Å². The minimum absolute atomic E-state index is 0.390. The lowest BCUT2D eigenvalue weighted by molar-refractivity contribution is 0.317. The van der Waals surface area contributed by atoms with Crippen molar-refractivity contribution in [2.75, 3.05) is 49.7 Å². The van der Waals surface area contributed by atoms with E-state index < -0.39 is 0 Å². The number of pyridine rings is 1. The number of benzene rings is 1. The highest BCUT2D eigenvalue weighted by Crippen LogP contribution is 2.24. The van der Waals surface area contributed by atoms with Gasteiger partial charge in [-0.2, -0.15) is 0 Å². The van der Waals surface area contributed by atoms with E-state index in [1.54, 1.807) is 24.2 Å². The van der Waals surface area contributed by atoms with E-state index in [9.17, 15) is 0 Å². The number of nitrogens with zero attached hydrogens (tertiary/aromatic N) is 3. The van der Waals surface area contributed by atoms with Crippen molar-refractivity contribution in [2.45, 2.75) is 13.3 Å². The molecule has 1 saturated heterocycles. The van der Waals surface area contributed by atoms with Gasteiger partial charge in [0.15, 0.2) is 0 Å². The van der Waals surface area contributed by atoms with E-state index in [2.05, 4.69) is 27.4 Å². The van der Waals surface area contributed by atoms with Gasteiger partial charge in [0.1, 0.15) is 11.6 Å². The smallest absolute Gasteiger partial charge is 0.129 e. The van der Waals surface area contributed by atoms with Crippen LogP contribution >= 0.6 is 11.9 Å². The number of ether oxygens (including phenoxy) is 1. The van der Waals surface area contributed by atoms with Crippen LogP contribution in [0, 0.1) is 5.41 Å². The predicted octanol–water partition coefficient (Wildman–Crippen LogP) is 3.27. The first-order valence-corrected chi connectivity index (χ1v) is 10.4. The Balaban J connectivity index is 1.79.